The molecule has 0 saturated heterocycles. The highest BCUT2D eigenvalue weighted by Crippen LogP contribution is 2.23. The molecule has 1 heterocycles. The summed E-state index contributed by atoms with van der Waals surface area (Å²) < 4.78 is 0. The Morgan fingerprint density at radius 2 is 1.95 bits per heavy atom. The Balaban J connectivity index is 1.98. The molecule has 0 aliphatic carbocycles. The number of likely N-dealkylation sites (N-methyl/N-ethyl adjacent to an activating group) is 1. The molecule has 19 heavy (non-hydrogen) atoms. The molecule has 1 N–H and O–H groups in total. The van der Waals surface area contributed by atoms with Crippen molar-refractivity contribution >= 4 is 11.3 Å². The average molecular weight is 275 g/mol. The topological polar surface area (TPSA) is 23.5 Å². The van der Waals surface area contributed by atoms with Gasteiger partial charge in [0.15, 0.2) is 0 Å². The van der Waals surface area contributed by atoms with Crippen molar-refractivity contribution in [2.24, 2.45) is 0 Å². The van der Waals surface area contributed by atoms with Gasteiger partial charge in [0.1, 0.15) is 0 Å². The van der Waals surface area contributed by atoms with E-state index in [9.17, 15) is 5.11 Å². The lowest BCUT2D eigenvalue weighted by Crippen LogP contribution is -2.27. The lowest BCUT2D eigenvalue weighted by molar-refractivity contribution is 0.187. The normalized spacial score (nSPS) is 12.8. The van der Waals surface area contributed by atoms with Crippen molar-refractivity contribution in [1.82, 2.24) is 4.90 Å². The van der Waals surface area contributed by atoms with Gasteiger partial charge in [-0.15, -0.1) is 11.3 Å². The first-order valence-corrected chi connectivity index (χ1v) is 7.57. The molecule has 0 amide bonds. The van der Waals surface area contributed by atoms with Crippen molar-refractivity contribution in [3.8, 4) is 0 Å². The Hall–Kier alpha value is -1.16. The number of aliphatic hydroxyl groups is 1. The molecule has 0 aliphatic heterocycles. The molecule has 3 heteroatoms. The van der Waals surface area contributed by atoms with Gasteiger partial charge in [-0.3, -0.25) is 4.90 Å². The molecular weight excluding hydrogens is 254 g/mol. The molecule has 1 aromatic heterocycles. The van der Waals surface area contributed by atoms with Crippen LogP contribution in [0.4, 0.5) is 0 Å². The minimum atomic E-state index is 0.225. The molecule has 0 fully saturated rings. The van der Waals surface area contributed by atoms with Crippen LogP contribution in [0.15, 0.2) is 47.8 Å². The molecular formula is C16H21NOS. The lowest BCUT2D eigenvalue weighted by atomic mass is 10.0. The molecule has 2 rings (SSSR count). The predicted octanol–water partition coefficient (Wildman–Crippen LogP) is 3.35. The molecule has 2 aromatic rings. The van der Waals surface area contributed by atoms with Crippen molar-refractivity contribution in [3.05, 3.63) is 58.3 Å². The summed E-state index contributed by atoms with van der Waals surface area (Å²) in [6.07, 6.45) is 1.86. The van der Waals surface area contributed by atoms with Crippen LogP contribution >= 0.6 is 11.3 Å². The van der Waals surface area contributed by atoms with E-state index in [-0.39, 0.29) is 6.61 Å². The summed E-state index contributed by atoms with van der Waals surface area (Å²) in [5.74, 6) is 0. The second-order valence-corrected chi connectivity index (χ2v) is 5.78. The van der Waals surface area contributed by atoms with Gasteiger partial charge in [0.05, 0.1) is 0 Å². The maximum atomic E-state index is 9.27. The van der Waals surface area contributed by atoms with Crippen LogP contribution in [0.3, 0.4) is 0 Å². The van der Waals surface area contributed by atoms with Crippen LogP contribution in [0.5, 0.6) is 0 Å². The number of thiophene rings is 1. The van der Waals surface area contributed by atoms with E-state index in [1.165, 1.54) is 10.4 Å². The third-order valence-corrected chi connectivity index (χ3v) is 4.35. The predicted molar refractivity (Wildman–Crippen MR) is 81.5 cm³/mol. The summed E-state index contributed by atoms with van der Waals surface area (Å²) in [5, 5.41) is 11.4. The zero-order chi connectivity index (χ0) is 13.5. The van der Waals surface area contributed by atoms with Crippen molar-refractivity contribution in [1.29, 1.82) is 0 Å². The number of nitrogens with zero attached hydrogens (tertiary/aromatic N) is 1. The molecule has 0 saturated carbocycles. The third-order valence-electron chi connectivity index (χ3n) is 3.41. The van der Waals surface area contributed by atoms with Crippen LogP contribution < -0.4 is 0 Å². The summed E-state index contributed by atoms with van der Waals surface area (Å²) >= 11 is 1.81. The summed E-state index contributed by atoms with van der Waals surface area (Å²) in [5.41, 5.74) is 1.28. The SMILES string of the molecule is CN(CCc1cccs1)C(CCO)c1ccccc1. The number of hydrogen-bond donors (Lipinski definition) is 1. The van der Waals surface area contributed by atoms with Gasteiger partial charge in [0.25, 0.3) is 0 Å². The zero-order valence-corrected chi connectivity index (χ0v) is 12.1. The molecule has 1 aromatic carbocycles. The number of hydrogen-bond acceptors (Lipinski definition) is 3. The van der Waals surface area contributed by atoms with E-state index < -0.39 is 0 Å². The van der Waals surface area contributed by atoms with Crippen molar-refractivity contribution in [3.63, 3.8) is 0 Å². The van der Waals surface area contributed by atoms with E-state index in [4.69, 9.17) is 0 Å². The van der Waals surface area contributed by atoms with Gasteiger partial charge >= 0.3 is 0 Å². The highest BCUT2D eigenvalue weighted by molar-refractivity contribution is 7.09. The van der Waals surface area contributed by atoms with E-state index in [2.05, 4.69) is 53.7 Å². The van der Waals surface area contributed by atoms with Gasteiger partial charge in [-0.25, -0.2) is 0 Å². The van der Waals surface area contributed by atoms with E-state index in [1.807, 2.05) is 17.4 Å². The standard InChI is InChI=1S/C16H21NOS/c1-17(11-9-15-8-5-13-19-15)16(10-12-18)14-6-3-2-4-7-14/h2-8,13,16,18H,9-12H2,1H3. The van der Waals surface area contributed by atoms with Crippen LogP contribution in [-0.4, -0.2) is 30.2 Å². The van der Waals surface area contributed by atoms with Gasteiger partial charge in [0, 0.05) is 24.1 Å². The highest BCUT2D eigenvalue weighted by Gasteiger charge is 2.16. The van der Waals surface area contributed by atoms with Crippen LogP contribution in [0.1, 0.15) is 22.9 Å². The first kappa shape index (κ1) is 14.3. The smallest absolute Gasteiger partial charge is 0.0449 e. The number of aliphatic hydroxyl groups excluding tert-OH is 1. The minimum Gasteiger partial charge on any atom is -0.396 e. The van der Waals surface area contributed by atoms with E-state index in [1.54, 1.807) is 0 Å². The summed E-state index contributed by atoms with van der Waals surface area (Å²) in [6.45, 7) is 1.24. The van der Waals surface area contributed by atoms with Crippen LogP contribution in [0.2, 0.25) is 0 Å². The molecule has 0 spiro atoms. The van der Waals surface area contributed by atoms with E-state index >= 15 is 0 Å². The Morgan fingerprint density at radius 1 is 1.16 bits per heavy atom. The Labute approximate surface area is 119 Å². The first-order chi connectivity index (χ1) is 9.31. The van der Waals surface area contributed by atoms with E-state index in [0.717, 1.165) is 19.4 Å². The van der Waals surface area contributed by atoms with Gasteiger partial charge in [-0.1, -0.05) is 36.4 Å². The largest absolute Gasteiger partial charge is 0.396 e. The fourth-order valence-electron chi connectivity index (χ4n) is 2.34. The Bertz CT molecular complexity index is 455. The zero-order valence-electron chi connectivity index (χ0n) is 11.3. The van der Waals surface area contributed by atoms with Crippen molar-refractivity contribution < 1.29 is 5.11 Å². The molecule has 0 radical (unpaired) electrons. The van der Waals surface area contributed by atoms with Gasteiger partial charge in [0.2, 0.25) is 0 Å². The number of rotatable bonds is 7. The minimum absolute atomic E-state index is 0.225. The maximum absolute atomic E-state index is 9.27. The summed E-state index contributed by atoms with van der Waals surface area (Å²) in [7, 11) is 2.14. The fraction of sp³-hybridized carbons (Fsp3) is 0.375. The third kappa shape index (κ3) is 4.16. The van der Waals surface area contributed by atoms with Gasteiger partial charge < -0.3 is 5.11 Å². The maximum Gasteiger partial charge on any atom is 0.0449 e. The second-order valence-electron chi connectivity index (χ2n) is 4.75. The quantitative estimate of drug-likeness (QED) is 0.837. The molecule has 0 bridgehead atoms. The first-order valence-electron chi connectivity index (χ1n) is 6.69. The molecule has 1 atom stereocenters. The lowest BCUT2D eigenvalue weighted by Gasteiger charge is -2.28. The monoisotopic (exact) mass is 275 g/mol. The van der Waals surface area contributed by atoms with Crippen LogP contribution in [-0.2, 0) is 6.42 Å². The van der Waals surface area contributed by atoms with Crippen LogP contribution in [0, 0.1) is 0 Å². The fourth-order valence-corrected chi connectivity index (χ4v) is 3.03. The Kier molecular flexibility index (Phi) is 5.58. The molecule has 102 valence electrons. The molecule has 2 nitrogen and oxygen atoms in total. The Morgan fingerprint density at radius 3 is 2.58 bits per heavy atom. The summed E-state index contributed by atoms with van der Waals surface area (Å²) in [6, 6.07) is 15.0. The highest BCUT2D eigenvalue weighted by atomic mass is 32.1. The van der Waals surface area contributed by atoms with Crippen molar-refractivity contribution in [2.75, 3.05) is 20.2 Å². The van der Waals surface area contributed by atoms with E-state index in [0.29, 0.717) is 6.04 Å². The molecule has 1 unspecified atom stereocenters. The average Bonchev–Trinajstić information content (AvgIpc) is 2.96. The van der Waals surface area contributed by atoms with Crippen LogP contribution in [0.25, 0.3) is 0 Å². The summed E-state index contributed by atoms with van der Waals surface area (Å²) in [4.78, 5) is 3.76. The second kappa shape index (κ2) is 7.43. The van der Waals surface area contributed by atoms with Gasteiger partial charge in [-0.2, -0.15) is 0 Å². The number of benzene rings is 1. The van der Waals surface area contributed by atoms with Crippen molar-refractivity contribution in [2.45, 2.75) is 18.9 Å². The molecule has 0 aliphatic rings. The van der Waals surface area contributed by atoms with Gasteiger partial charge in [-0.05, 0) is 36.9 Å².